The first-order chi connectivity index (χ1) is 7.79. The third-order valence-electron chi connectivity index (χ3n) is 2.58. The molecule has 1 aromatic heterocycles. The molecule has 1 atom stereocenters. The van der Waals surface area contributed by atoms with Crippen LogP contribution in [0.1, 0.15) is 32.0 Å². The second-order valence-corrected chi connectivity index (χ2v) is 4.98. The highest BCUT2D eigenvalue weighted by Gasteiger charge is 2.23. The van der Waals surface area contributed by atoms with Crippen LogP contribution in [-0.4, -0.2) is 32.9 Å². The van der Waals surface area contributed by atoms with Gasteiger partial charge in [0.25, 0.3) is 0 Å². The molecule has 5 nitrogen and oxygen atoms in total. The van der Waals surface area contributed by atoms with E-state index in [0.717, 1.165) is 38.1 Å². The molecule has 0 aliphatic carbocycles. The van der Waals surface area contributed by atoms with Gasteiger partial charge in [-0.15, -0.1) is 5.10 Å². The highest BCUT2D eigenvalue weighted by molar-refractivity contribution is 8.00. The van der Waals surface area contributed by atoms with Gasteiger partial charge < -0.3 is 5.32 Å². The van der Waals surface area contributed by atoms with Gasteiger partial charge in [-0.05, 0) is 12.8 Å². The van der Waals surface area contributed by atoms with Gasteiger partial charge in [-0.1, -0.05) is 25.1 Å². The number of aromatic nitrogens is 3. The van der Waals surface area contributed by atoms with Gasteiger partial charge in [0.1, 0.15) is 5.82 Å². The van der Waals surface area contributed by atoms with Gasteiger partial charge in [-0.3, -0.25) is 9.89 Å². The van der Waals surface area contributed by atoms with Crippen LogP contribution in [-0.2, 0) is 11.2 Å². The Balaban J connectivity index is 1.99. The Bertz CT molecular complexity index is 365. The molecule has 88 valence electrons. The van der Waals surface area contributed by atoms with Crippen molar-refractivity contribution in [2.24, 2.45) is 0 Å². The molecule has 2 N–H and O–H groups in total. The summed E-state index contributed by atoms with van der Waals surface area (Å²) in [5, 5.41) is 10.5. The smallest absolute Gasteiger partial charge is 0.233 e. The summed E-state index contributed by atoms with van der Waals surface area (Å²) in [7, 11) is 0. The van der Waals surface area contributed by atoms with Crippen molar-refractivity contribution in [3.63, 3.8) is 0 Å². The molecule has 2 heterocycles. The van der Waals surface area contributed by atoms with E-state index in [1.54, 1.807) is 0 Å². The maximum atomic E-state index is 11.7. The second-order valence-electron chi connectivity index (χ2n) is 3.81. The third-order valence-corrected chi connectivity index (χ3v) is 3.71. The Kier molecular flexibility index (Phi) is 3.82. The number of thioether (sulfide) groups is 1. The second kappa shape index (κ2) is 5.34. The minimum atomic E-state index is -0.0389. The molecule has 1 saturated heterocycles. The number of hydrogen-bond donors (Lipinski definition) is 2. The van der Waals surface area contributed by atoms with Gasteiger partial charge in [0.2, 0.25) is 11.1 Å². The molecular formula is C10H16N4OS. The number of hydrogen-bond acceptors (Lipinski definition) is 4. The lowest BCUT2D eigenvalue weighted by molar-refractivity contribution is -0.120. The molecular weight excluding hydrogens is 224 g/mol. The number of carbonyl (C=O) groups excluding carboxylic acids is 1. The van der Waals surface area contributed by atoms with Crippen molar-refractivity contribution in [3.8, 4) is 0 Å². The zero-order valence-electron chi connectivity index (χ0n) is 9.32. The van der Waals surface area contributed by atoms with Gasteiger partial charge in [0.15, 0.2) is 0 Å². The van der Waals surface area contributed by atoms with Gasteiger partial charge >= 0.3 is 0 Å². The number of aryl methyl sites for hydroxylation is 1. The molecule has 1 aliphatic rings. The minimum absolute atomic E-state index is 0.0389. The van der Waals surface area contributed by atoms with Crippen LogP contribution in [0.3, 0.4) is 0 Å². The van der Waals surface area contributed by atoms with Gasteiger partial charge in [-0.2, -0.15) is 0 Å². The van der Waals surface area contributed by atoms with Crippen LogP contribution in [0.25, 0.3) is 0 Å². The van der Waals surface area contributed by atoms with Crippen LogP contribution in [0.4, 0.5) is 0 Å². The molecule has 1 fully saturated rings. The average molecular weight is 240 g/mol. The molecule has 0 spiro atoms. The van der Waals surface area contributed by atoms with Gasteiger partial charge in [0.05, 0.1) is 5.25 Å². The molecule has 6 heteroatoms. The van der Waals surface area contributed by atoms with Gasteiger partial charge in [0, 0.05) is 13.0 Å². The van der Waals surface area contributed by atoms with E-state index in [1.807, 2.05) is 6.92 Å². The van der Waals surface area contributed by atoms with Crippen molar-refractivity contribution in [3.05, 3.63) is 5.82 Å². The highest BCUT2D eigenvalue weighted by Crippen LogP contribution is 2.25. The summed E-state index contributed by atoms with van der Waals surface area (Å²) in [4.78, 5) is 16.0. The first-order valence-corrected chi connectivity index (χ1v) is 6.53. The fourth-order valence-electron chi connectivity index (χ4n) is 1.64. The van der Waals surface area contributed by atoms with E-state index < -0.39 is 0 Å². The minimum Gasteiger partial charge on any atom is -0.355 e. The Morgan fingerprint density at radius 3 is 3.12 bits per heavy atom. The van der Waals surface area contributed by atoms with E-state index in [9.17, 15) is 4.79 Å². The number of carbonyl (C=O) groups is 1. The lowest BCUT2D eigenvalue weighted by atomic mass is 10.2. The van der Waals surface area contributed by atoms with Crippen molar-refractivity contribution < 1.29 is 4.79 Å². The van der Waals surface area contributed by atoms with Crippen LogP contribution in [0.15, 0.2) is 5.16 Å². The Labute approximate surface area is 98.8 Å². The van der Waals surface area contributed by atoms with E-state index >= 15 is 0 Å². The predicted molar refractivity (Wildman–Crippen MR) is 62.3 cm³/mol. The third kappa shape index (κ3) is 2.75. The standard InChI is InChI=1S/C10H16N4OS/c1-2-8-12-10(14-13-8)16-7-5-3-4-6-11-9(7)15/h7H,2-6H2,1H3,(H,11,15)(H,12,13,14)/t7-/m1/s1. The molecule has 0 radical (unpaired) electrons. The van der Waals surface area contributed by atoms with E-state index in [0.29, 0.717) is 5.16 Å². The number of nitrogens with one attached hydrogen (secondary N) is 2. The fourth-order valence-corrected chi connectivity index (χ4v) is 2.63. The maximum absolute atomic E-state index is 11.7. The number of H-pyrrole nitrogens is 1. The largest absolute Gasteiger partial charge is 0.355 e. The quantitative estimate of drug-likeness (QED) is 0.831. The molecule has 16 heavy (non-hydrogen) atoms. The molecule has 1 aromatic rings. The van der Waals surface area contributed by atoms with Crippen LogP contribution >= 0.6 is 11.8 Å². The van der Waals surface area contributed by atoms with E-state index in [-0.39, 0.29) is 11.2 Å². The summed E-state index contributed by atoms with van der Waals surface area (Å²) in [5.41, 5.74) is 0. The van der Waals surface area contributed by atoms with Crippen LogP contribution in [0.2, 0.25) is 0 Å². The average Bonchev–Trinajstić information content (AvgIpc) is 2.65. The Hall–Kier alpha value is -1.04. The Morgan fingerprint density at radius 2 is 2.38 bits per heavy atom. The van der Waals surface area contributed by atoms with Crippen molar-refractivity contribution >= 4 is 17.7 Å². The summed E-state index contributed by atoms with van der Waals surface area (Å²) in [6, 6.07) is 0. The van der Waals surface area contributed by atoms with E-state index in [4.69, 9.17) is 0 Å². The van der Waals surface area contributed by atoms with Crippen LogP contribution < -0.4 is 5.32 Å². The molecule has 0 saturated carbocycles. The van der Waals surface area contributed by atoms with Crippen molar-refractivity contribution in [2.45, 2.75) is 43.0 Å². The molecule has 2 rings (SSSR count). The van der Waals surface area contributed by atoms with Crippen molar-refractivity contribution in [1.29, 1.82) is 0 Å². The SMILES string of the molecule is CCc1nc(S[C@@H]2CCCCNC2=O)n[nH]1. The molecule has 0 aromatic carbocycles. The van der Waals surface area contributed by atoms with Crippen LogP contribution in [0.5, 0.6) is 0 Å². The first kappa shape index (κ1) is 11.4. The Morgan fingerprint density at radius 1 is 1.50 bits per heavy atom. The van der Waals surface area contributed by atoms with Crippen molar-refractivity contribution in [2.75, 3.05) is 6.54 Å². The van der Waals surface area contributed by atoms with Gasteiger partial charge in [-0.25, -0.2) is 4.98 Å². The van der Waals surface area contributed by atoms with E-state index in [1.165, 1.54) is 11.8 Å². The highest BCUT2D eigenvalue weighted by atomic mass is 32.2. The normalized spacial score (nSPS) is 21.6. The summed E-state index contributed by atoms with van der Waals surface area (Å²) in [5.74, 6) is 0.988. The van der Waals surface area contributed by atoms with Crippen molar-refractivity contribution in [1.82, 2.24) is 20.5 Å². The predicted octanol–water partition coefficient (Wildman–Crippen LogP) is 1.13. The summed E-state index contributed by atoms with van der Waals surface area (Å²) in [6.45, 7) is 2.82. The molecule has 0 unspecified atom stereocenters. The number of rotatable bonds is 3. The van der Waals surface area contributed by atoms with E-state index in [2.05, 4.69) is 20.5 Å². The molecule has 1 amide bonds. The zero-order chi connectivity index (χ0) is 11.4. The topological polar surface area (TPSA) is 70.7 Å². The molecule has 1 aliphatic heterocycles. The van der Waals surface area contributed by atoms with Crippen LogP contribution in [0, 0.1) is 0 Å². The maximum Gasteiger partial charge on any atom is 0.233 e. The molecule has 0 bridgehead atoms. The number of amides is 1. The lowest BCUT2D eigenvalue weighted by Crippen LogP contribution is -2.30. The lowest BCUT2D eigenvalue weighted by Gasteiger charge is -2.09. The number of aromatic amines is 1. The number of nitrogens with zero attached hydrogens (tertiary/aromatic N) is 2. The monoisotopic (exact) mass is 240 g/mol. The fraction of sp³-hybridized carbons (Fsp3) is 0.700. The first-order valence-electron chi connectivity index (χ1n) is 5.65. The summed E-state index contributed by atoms with van der Waals surface area (Å²) < 4.78 is 0. The summed E-state index contributed by atoms with van der Waals surface area (Å²) >= 11 is 1.46. The summed E-state index contributed by atoms with van der Waals surface area (Å²) in [6.07, 6.45) is 3.90. The zero-order valence-corrected chi connectivity index (χ0v) is 10.1.